The molecule has 0 aliphatic heterocycles. The lowest BCUT2D eigenvalue weighted by molar-refractivity contribution is -0.116. The van der Waals surface area contributed by atoms with Crippen LogP contribution in [0.1, 0.15) is 12.5 Å². The van der Waals surface area contributed by atoms with Crippen molar-refractivity contribution in [2.45, 2.75) is 13.0 Å². The highest BCUT2D eigenvalue weighted by Crippen LogP contribution is 2.19. The van der Waals surface area contributed by atoms with Crippen LogP contribution >= 0.6 is 0 Å². The first-order valence-electron chi connectivity index (χ1n) is 6.43. The Morgan fingerprint density at radius 1 is 1.19 bits per heavy atom. The van der Waals surface area contributed by atoms with Gasteiger partial charge in [0.15, 0.2) is 0 Å². The van der Waals surface area contributed by atoms with Crippen LogP contribution in [0.2, 0.25) is 0 Å². The molecule has 5 heteroatoms. The van der Waals surface area contributed by atoms with E-state index >= 15 is 0 Å². The zero-order valence-electron chi connectivity index (χ0n) is 11.4. The molecular formula is C16H14FN3O. The second kappa shape index (κ2) is 6.53. The fourth-order valence-electron chi connectivity index (χ4n) is 1.83. The van der Waals surface area contributed by atoms with Gasteiger partial charge < -0.3 is 10.6 Å². The number of hydrogen-bond donors (Lipinski definition) is 2. The van der Waals surface area contributed by atoms with Gasteiger partial charge in [0.1, 0.15) is 23.5 Å². The molecule has 0 radical (unpaired) electrons. The number of nitrogens with zero attached hydrogens (tertiary/aromatic N) is 1. The van der Waals surface area contributed by atoms with E-state index < -0.39 is 11.9 Å². The first-order valence-corrected chi connectivity index (χ1v) is 6.43. The lowest BCUT2D eigenvalue weighted by Crippen LogP contribution is -2.32. The van der Waals surface area contributed by atoms with Crippen molar-refractivity contribution in [2.24, 2.45) is 0 Å². The number of nitriles is 1. The molecule has 0 spiro atoms. The predicted octanol–water partition coefficient (Wildman–Crippen LogP) is 3.14. The molecule has 0 saturated carbocycles. The van der Waals surface area contributed by atoms with E-state index in [1.54, 1.807) is 31.2 Å². The van der Waals surface area contributed by atoms with Crippen molar-refractivity contribution in [2.75, 3.05) is 10.6 Å². The molecule has 2 aromatic carbocycles. The van der Waals surface area contributed by atoms with Crippen molar-refractivity contribution in [3.05, 3.63) is 59.9 Å². The van der Waals surface area contributed by atoms with Gasteiger partial charge >= 0.3 is 0 Å². The largest absolute Gasteiger partial charge is 0.373 e. The fourth-order valence-corrected chi connectivity index (χ4v) is 1.83. The second-order valence-corrected chi connectivity index (χ2v) is 4.50. The number of amides is 1. The minimum atomic E-state index is -0.613. The Hall–Kier alpha value is -2.87. The van der Waals surface area contributed by atoms with Gasteiger partial charge in [0, 0.05) is 5.69 Å². The van der Waals surface area contributed by atoms with Crippen LogP contribution in [0.15, 0.2) is 48.5 Å². The average molecular weight is 283 g/mol. The maximum absolute atomic E-state index is 13.5. The minimum absolute atomic E-state index is 0.100. The topological polar surface area (TPSA) is 64.9 Å². The van der Waals surface area contributed by atoms with Crippen LogP contribution in [0.3, 0.4) is 0 Å². The van der Waals surface area contributed by atoms with E-state index in [0.29, 0.717) is 11.4 Å². The van der Waals surface area contributed by atoms with Crippen molar-refractivity contribution < 1.29 is 9.18 Å². The SMILES string of the molecule is CC(Nc1cccc(F)c1C#N)C(=O)Nc1ccccc1. The first-order chi connectivity index (χ1) is 10.1. The number of hydrogen-bond acceptors (Lipinski definition) is 3. The third-order valence-corrected chi connectivity index (χ3v) is 2.93. The van der Waals surface area contributed by atoms with E-state index in [2.05, 4.69) is 10.6 Å². The molecule has 0 bridgehead atoms. The van der Waals surface area contributed by atoms with E-state index in [-0.39, 0.29) is 11.5 Å². The predicted molar refractivity (Wildman–Crippen MR) is 79.3 cm³/mol. The number of benzene rings is 2. The molecule has 2 N–H and O–H groups in total. The first kappa shape index (κ1) is 14.5. The van der Waals surface area contributed by atoms with Gasteiger partial charge in [0.05, 0.1) is 5.69 Å². The van der Waals surface area contributed by atoms with Crippen molar-refractivity contribution in [1.82, 2.24) is 0 Å². The van der Waals surface area contributed by atoms with Crippen molar-refractivity contribution in [1.29, 1.82) is 5.26 Å². The Kier molecular flexibility index (Phi) is 4.52. The molecule has 0 saturated heterocycles. The smallest absolute Gasteiger partial charge is 0.246 e. The molecular weight excluding hydrogens is 269 g/mol. The zero-order valence-corrected chi connectivity index (χ0v) is 11.4. The molecule has 21 heavy (non-hydrogen) atoms. The van der Waals surface area contributed by atoms with Crippen LogP contribution in [-0.2, 0) is 4.79 Å². The van der Waals surface area contributed by atoms with E-state index in [0.717, 1.165) is 0 Å². The summed E-state index contributed by atoms with van der Waals surface area (Å²) in [6.45, 7) is 1.64. The summed E-state index contributed by atoms with van der Waals surface area (Å²) < 4.78 is 13.5. The quantitative estimate of drug-likeness (QED) is 0.906. The van der Waals surface area contributed by atoms with Gasteiger partial charge in [0.2, 0.25) is 5.91 Å². The van der Waals surface area contributed by atoms with E-state index in [9.17, 15) is 9.18 Å². The molecule has 1 unspecified atom stereocenters. The summed E-state index contributed by atoms with van der Waals surface area (Å²) in [5.41, 5.74) is 0.876. The maximum Gasteiger partial charge on any atom is 0.246 e. The number of carbonyl (C=O) groups excluding carboxylic acids is 1. The van der Waals surface area contributed by atoms with Gasteiger partial charge in [-0.2, -0.15) is 5.26 Å². The second-order valence-electron chi connectivity index (χ2n) is 4.50. The highest BCUT2D eigenvalue weighted by molar-refractivity contribution is 5.96. The molecule has 1 amide bonds. The molecule has 4 nitrogen and oxygen atoms in total. The molecule has 2 aromatic rings. The summed E-state index contributed by atoms with van der Waals surface area (Å²) in [5, 5.41) is 14.5. The number of halogens is 1. The van der Waals surface area contributed by atoms with Crippen LogP contribution in [0.5, 0.6) is 0 Å². The molecule has 0 fully saturated rings. The number of nitrogens with one attached hydrogen (secondary N) is 2. The number of para-hydroxylation sites is 1. The molecule has 1 atom stereocenters. The number of carbonyl (C=O) groups is 1. The summed E-state index contributed by atoms with van der Waals surface area (Å²) in [6, 6.07) is 14.5. The van der Waals surface area contributed by atoms with Crippen LogP contribution in [0.25, 0.3) is 0 Å². The van der Waals surface area contributed by atoms with Crippen molar-refractivity contribution in [3.8, 4) is 6.07 Å². The summed E-state index contributed by atoms with van der Waals surface area (Å²) >= 11 is 0. The highest BCUT2D eigenvalue weighted by atomic mass is 19.1. The Balaban J connectivity index is 2.08. The summed E-state index contributed by atoms with van der Waals surface area (Å²) in [7, 11) is 0. The average Bonchev–Trinajstić information content (AvgIpc) is 2.48. The van der Waals surface area contributed by atoms with Crippen molar-refractivity contribution >= 4 is 17.3 Å². The molecule has 0 aliphatic carbocycles. The highest BCUT2D eigenvalue weighted by Gasteiger charge is 2.15. The fraction of sp³-hybridized carbons (Fsp3) is 0.125. The van der Waals surface area contributed by atoms with Gasteiger partial charge in [0.25, 0.3) is 0 Å². The number of rotatable bonds is 4. The third kappa shape index (κ3) is 3.57. The Morgan fingerprint density at radius 3 is 2.57 bits per heavy atom. The normalized spacial score (nSPS) is 11.3. The lowest BCUT2D eigenvalue weighted by atomic mass is 10.1. The monoisotopic (exact) mass is 283 g/mol. The van der Waals surface area contributed by atoms with Gasteiger partial charge in [-0.3, -0.25) is 4.79 Å². The Labute approximate surface area is 122 Å². The van der Waals surface area contributed by atoms with Crippen LogP contribution in [0, 0.1) is 17.1 Å². The molecule has 106 valence electrons. The van der Waals surface area contributed by atoms with Crippen LogP contribution < -0.4 is 10.6 Å². The van der Waals surface area contributed by atoms with Gasteiger partial charge in [-0.25, -0.2) is 4.39 Å². The maximum atomic E-state index is 13.5. The Morgan fingerprint density at radius 2 is 1.90 bits per heavy atom. The third-order valence-electron chi connectivity index (χ3n) is 2.93. The van der Waals surface area contributed by atoms with Crippen molar-refractivity contribution in [3.63, 3.8) is 0 Å². The van der Waals surface area contributed by atoms with Crippen LogP contribution in [-0.4, -0.2) is 11.9 Å². The molecule has 2 rings (SSSR count). The van der Waals surface area contributed by atoms with E-state index in [1.807, 2.05) is 18.2 Å². The van der Waals surface area contributed by atoms with Gasteiger partial charge in [-0.05, 0) is 31.2 Å². The standard InChI is InChI=1S/C16H14FN3O/c1-11(16(21)20-12-6-3-2-4-7-12)19-15-9-5-8-14(17)13(15)10-18/h2-9,11,19H,1H3,(H,20,21). The molecule has 0 aliphatic rings. The minimum Gasteiger partial charge on any atom is -0.373 e. The van der Waals surface area contributed by atoms with Gasteiger partial charge in [-0.15, -0.1) is 0 Å². The lowest BCUT2D eigenvalue weighted by Gasteiger charge is -2.16. The number of anilines is 2. The van der Waals surface area contributed by atoms with Crippen LogP contribution in [0.4, 0.5) is 15.8 Å². The van der Waals surface area contributed by atoms with Gasteiger partial charge in [-0.1, -0.05) is 24.3 Å². The van der Waals surface area contributed by atoms with E-state index in [4.69, 9.17) is 5.26 Å². The summed E-state index contributed by atoms with van der Waals surface area (Å²) in [5.74, 6) is -0.882. The molecule has 0 heterocycles. The zero-order chi connectivity index (χ0) is 15.2. The van der Waals surface area contributed by atoms with E-state index in [1.165, 1.54) is 12.1 Å². The molecule has 0 aromatic heterocycles. The Bertz CT molecular complexity index is 680. The summed E-state index contributed by atoms with van der Waals surface area (Å²) in [6.07, 6.45) is 0. The summed E-state index contributed by atoms with van der Waals surface area (Å²) in [4.78, 5) is 12.1.